The molecule has 1 aromatic carbocycles. The van der Waals surface area contributed by atoms with E-state index in [9.17, 15) is 4.79 Å². The minimum absolute atomic E-state index is 0.249. The van der Waals surface area contributed by atoms with E-state index < -0.39 is 0 Å². The van der Waals surface area contributed by atoms with Crippen LogP contribution in [-0.2, 0) is 11.2 Å². The van der Waals surface area contributed by atoms with Gasteiger partial charge in [0.2, 0.25) is 0 Å². The molecule has 1 aliphatic rings. The van der Waals surface area contributed by atoms with E-state index in [2.05, 4.69) is 5.32 Å². The van der Waals surface area contributed by atoms with Gasteiger partial charge in [0.1, 0.15) is 0 Å². The third-order valence-corrected chi connectivity index (χ3v) is 3.51. The van der Waals surface area contributed by atoms with Crippen LogP contribution in [0.3, 0.4) is 0 Å². The third kappa shape index (κ3) is 4.14. The zero-order valence-electron chi connectivity index (χ0n) is 9.92. The lowest BCUT2D eigenvalue weighted by molar-refractivity contribution is -0.117. The minimum Gasteiger partial charge on any atom is -0.307 e. The molecule has 3 heteroatoms. The van der Waals surface area contributed by atoms with Gasteiger partial charge >= 0.3 is 0 Å². The lowest BCUT2D eigenvalue weighted by Gasteiger charge is -2.10. The van der Waals surface area contributed by atoms with Gasteiger partial charge in [-0.3, -0.25) is 4.79 Å². The van der Waals surface area contributed by atoms with E-state index in [1.54, 1.807) is 0 Å². The summed E-state index contributed by atoms with van der Waals surface area (Å²) >= 11 is 5.80. The third-order valence-electron chi connectivity index (χ3n) is 3.26. The largest absolute Gasteiger partial charge is 0.307 e. The molecule has 0 aromatic heterocycles. The molecule has 1 saturated carbocycles. The zero-order valence-corrected chi connectivity index (χ0v) is 10.7. The van der Waals surface area contributed by atoms with Crippen molar-refractivity contribution in [3.63, 3.8) is 0 Å². The molecule has 1 fully saturated rings. The Hall–Kier alpha value is -0.860. The van der Waals surface area contributed by atoms with Gasteiger partial charge in [-0.2, -0.15) is 0 Å². The molecule has 0 radical (unpaired) electrons. The monoisotopic (exact) mass is 251 g/mol. The van der Waals surface area contributed by atoms with Crippen LogP contribution >= 0.6 is 11.6 Å². The van der Waals surface area contributed by atoms with Crippen molar-refractivity contribution in [2.24, 2.45) is 0 Å². The Morgan fingerprint density at radius 1 is 1.24 bits per heavy atom. The normalized spacial score (nSPS) is 16.3. The molecule has 92 valence electrons. The molecule has 1 aromatic rings. The molecule has 17 heavy (non-hydrogen) atoms. The number of nitrogens with one attached hydrogen (secondary N) is 1. The van der Waals surface area contributed by atoms with Crippen molar-refractivity contribution in [3.8, 4) is 0 Å². The van der Waals surface area contributed by atoms with Crippen LogP contribution in [0.25, 0.3) is 0 Å². The number of halogens is 1. The number of carbonyl (C=O) groups is 1. The Balaban J connectivity index is 1.74. The van der Waals surface area contributed by atoms with E-state index in [4.69, 9.17) is 11.6 Å². The summed E-state index contributed by atoms with van der Waals surface area (Å²) in [6, 6.07) is 8.04. The quantitative estimate of drug-likeness (QED) is 0.872. The average Bonchev–Trinajstić information content (AvgIpc) is 2.83. The predicted molar refractivity (Wildman–Crippen MR) is 70.4 cm³/mol. The maximum atomic E-state index is 11.8. The summed E-state index contributed by atoms with van der Waals surface area (Å²) in [7, 11) is 0. The first-order valence-corrected chi connectivity index (χ1v) is 6.61. The summed E-state index contributed by atoms with van der Waals surface area (Å²) in [6.07, 6.45) is 5.52. The molecule has 2 nitrogen and oxygen atoms in total. The van der Waals surface area contributed by atoms with Gasteiger partial charge in [0.05, 0.1) is 6.54 Å². The number of rotatable bonds is 5. The van der Waals surface area contributed by atoms with Crippen molar-refractivity contribution in [1.82, 2.24) is 5.32 Å². The van der Waals surface area contributed by atoms with Crippen LogP contribution in [0.5, 0.6) is 0 Å². The van der Waals surface area contributed by atoms with Crippen LogP contribution in [0.4, 0.5) is 0 Å². The van der Waals surface area contributed by atoms with E-state index in [1.165, 1.54) is 25.7 Å². The first kappa shape index (κ1) is 12.6. The van der Waals surface area contributed by atoms with Gasteiger partial charge in [0, 0.05) is 17.5 Å². The Bertz CT molecular complexity index is 368. The second-order valence-electron chi connectivity index (χ2n) is 4.70. The summed E-state index contributed by atoms with van der Waals surface area (Å²) < 4.78 is 0. The minimum atomic E-state index is 0.249. The summed E-state index contributed by atoms with van der Waals surface area (Å²) in [5.74, 6) is 0.249. The summed E-state index contributed by atoms with van der Waals surface area (Å²) in [4.78, 5) is 11.8. The molecule has 1 N–H and O–H groups in total. The van der Waals surface area contributed by atoms with Crippen LogP contribution in [0, 0.1) is 0 Å². The number of benzene rings is 1. The molecule has 0 spiro atoms. The highest BCUT2D eigenvalue weighted by Crippen LogP contribution is 2.17. The number of carbonyl (C=O) groups excluding carboxylic acids is 1. The number of ketones is 1. The van der Waals surface area contributed by atoms with Crippen molar-refractivity contribution in [2.45, 2.75) is 38.1 Å². The van der Waals surface area contributed by atoms with E-state index in [-0.39, 0.29) is 5.78 Å². The molecule has 0 atom stereocenters. The standard InChI is InChI=1S/C14H18ClNO/c15-12-7-5-11(6-8-12)9-14(17)10-16-13-3-1-2-4-13/h5-8,13,16H,1-4,9-10H2. The van der Waals surface area contributed by atoms with Crippen LogP contribution in [-0.4, -0.2) is 18.4 Å². The Morgan fingerprint density at radius 2 is 1.88 bits per heavy atom. The summed E-state index contributed by atoms with van der Waals surface area (Å²) in [5, 5.41) is 4.05. The molecule has 0 saturated heterocycles. The molecular formula is C14H18ClNO. The van der Waals surface area contributed by atoms with Gasteiger partial charge in [-0.05, 0) is 30.5 Å². The van der Waals surface area contributed by atoms with Crippen molar-refractivity contribution in [1.29, 1.82) is 0 Å². The molecular weight excluding hydrogens is 234 g/mol. The SMILES string of the molecule is O=C(CNC1CCCC1)Cc1ccc(Cl)cc1. The van der Waals surface area contributed by atoms with Crippen LogP contribution in [0.15, 0.2) is 24.3 Å². The van der Waals surface area contributed by atoms with Crippen molar-refractivity contribution in [2.75, 3.05) is 6.54 Å². The number of hydrogen-bond acceptors (Lipinski definition) is 2. The fourth-order valence-electron chi connectivity index (χ4n) is 2.28. The molecule has 0 unspecified atom stereocenters. The van der Waals surface area contributed by atoms with Crippen LogP contribution in [0.2, 0.25) is 5.02 Å². The Labute approximate surface area is 107 Å². The second-order valence-corrected chi connectivity index (χ2v) is 5.14. The molecule has 2 rings (SSSR count). The smallest absolute Gasteiger partial charge is 0.150 e. The van der Waals surface area contributed by atoms with Gasteiger partial charge < -0.3 is 5.32 Å². The van der Waals surface area contributed by atoms with Gasteiger partial charge in [-0.1, -0.05) is 36.6 Å². The van der Waals surface area contributed by atoms with Gasteiger partial charge in [0.15, 0.2) is 5.78 Å². The fraction of sp³-hybridized carbons (Fsp3) is 0.500. The molecule has 0 amide bonds. The maximum absolute atomic E-state index is 11.8. The van der Waals surface area contributed by atoms with E-state index in [0.717, 1.165) is 5.56 Å². The average molecular weight is 252 g/mol. The Morgan fingerprint density at radius 3 is 2.53 bits per heavy atom. The Kier molecular flexibility index (Phi) is 4.57. The molecule has 0 bridgehead atoms. The molecule has 0 aliphatic heterocycles. The summed E-state index contributed by atoms with van der Waals surface area (Å²) in [6.45, 7) is 0.493. The second kappa shape index (κ2) is 6.18. The van der Waals surface area contributed by atoms with Crippen LogP contribution < -0.4 is 5.32 Å². The van der Waals surface area contributed by atoms with Crippen LogP contribution in [0.1, 0.15) is 31.2 Å². The van der Waals surface area contributed by atoms with Crippen molar-refractivity contribution >= 4 is 17.4 Å². The number of hydrogen-bond donors (Lipinski definition) is 1. The topological polar surface area (TPSA) is 29.1 Å². The highest BCUT2D eigenvalue weighted by Gasteiger charge is 2.15. The molecule has 1 aliphatic carbocycles. The number of Topliss-reactive ketones (excluding diaryl/α,β-unsaturated/α-hetero) is 1. The van der Waals surface area contributed by atoms with Gasteiger partial charge in [-0.15, -0.1) is 0 Å². The van der Waals surface area contributed by atoms with E-state index in [1.807, 2.05) is 24.3 Å². The highest BCUT2D eigenvalue weighted by molar-refractivity contribution is 6.30. The first-order valence-electron chi connectivity index (χ1n) is 6.23. The van der Waals surface area contributed by atoms with E-state index >= 15 is 0 Å². The van der Waals surface area contributed by atoms with Crippen molar-refractivity contribution < 1.29 is 4.79 Å². The first-order chi connectivity index (χ1) is 8.24. The fourth-order valence-corrected chi connectivity index (χ4v) is 2.41. The van der Waals surface area contributed by atoms with E-state index in [0.29, 0.717) is 24.0 Å². The molecule has 0 heterocycles. The van der Waals surface area contributed by atoms with Gasteiger partial charge in [-0.25, -0.2) is 0 Å². The summed E-state index contributed by atoms with van der Waals surface area (Å²) in [5.41, 5.74) is 1.03. The van der Waals surface area contributed by atoms with Crippen molar-refractivity contribution in [3.05, 3.63) is 34.9 Å². The predicted octanol–water partition coefficient (Wildman–Crippen LogP) is 2.98. The lowest BCUT2D eigenvalue weighted by Crippen LogP contribution is -2.32. The van der Waals surface area contributed by atoms with Gasteiger partial charge in [0.25, 0.3) is 0 Å². The highest BCUT2D eigenvalue weighted by atomic mass is 35.5. The zero-order chi connectivity index (χ0) is 12.1. The lowest BCUT2D eigenvalue weighted by atomic mass is 10.1. The maximum Gasteiger partial charge on any atom is 0.150 e.